The lowest BCUT2D eigenvalue weighted by molar-refractivity contribution is 0.211. The van der Waals surface area contributed by atoms with Crippen molar-refractivity contribution in [1.29, 1.82) is 0 Å². The van der Waals surface area contributed by atoms with Crippen molar-refractivity contribution in [2.75, 3.05) is 36.5 Å². The Hall–Kier alpha value is -1.36. The van der Waals surface area contributed by atoms with Crippen LogP contribution in [0.5, 0.6) is 0 Å². The lowest BCUT2D eigenvalue weighted by Gasteiger charge is -2.30. The van der Waals surface area contributed by atoms with Gasteiger partial charge in [0, 0.05) is 48.1 Å². The fraction of sp³-hybridized carbons (Fsp3) is 0.533. The highest BCUT2D eigenvalue weighted by Gasteiger charge is 2.23. The molecule has 1 aliphatic heterocycles. The molecule has 2 amide bonds. The summed E-state index contributed by atoms with van der Waals surface area (Å²) >= 11 is 0. The molecule has 1 fully saturated rings. The Bertz CT molecular complexity index is 467. The summed E-state index contributed by atoms with van der Waals surface area (Å²) in [6.07, 6.45) is 0. The Balaban J connectivity index is 0.000000956. The molecule has 0 aromatic heterocycles. The molecule has 112 valence electrons. The van der Waals surface area contributed by atoms with Crippen LogP contribution >= 0.6 is 0 Å². The summed E-state index contributed by atoms with van der Waals surface area (Å²) < 4.78 is 11.3. The van der Waals surface area contributed by atoms with Crippen LogP contribution in [0.15, 0.2) is 24.3 Å². The summed E-state index contributed by atoms with van der Waals surface area (Å²) in [4.78, 5) is 15.7. The molecule has 5 heteroatoms. The molecule has 0 spiro atoms. The normalized spacial score (nSPS) is 15.3. The van der Waals surface area contributed by atoms with Crippen LogP contribution in [0.25, 0.3) is 0 Å². The molecule has 4 nitrogen and oxygen atoms in total. The van der Waals surface area contributed by atoms with Gasteiger partial charge in [0.15, 0.2) is 0 Å². The molecule has 1 heterocycles. The van der Waals surface area contributed by atoms with Crippen molar-refractivity contribution in [3.63, 3.8) is 0 Å². The van der Waals surface area contributed by atoms with Gasteiger partial charge >= 0.3 is 6.03 Å². The van der Waals surface area contributed by atoms with Gasteiger partial charge in [-0.3, -0.25) is 9.11 Å². The van der Waals surface area contributed by atoms with E-state index < -0.39 is 10.8 Å². The number of anilines is 1. The Morgan fingerprint density at radius 1 is 1.25 bits per heavy atom. The average molecular weight is 296 g/mol. The maximum Gasteiger partial charge on any atom is 0.324 e. The first-order valence-corrected chi connectivity index (χ1v) is 8.51. The van der Waals surface area contributed by atoms with Crippen molar-refractivity contribution in [2.45, 2.75) is 20.8 Å². The van der Waals surface area contributed by atoms with E-state index in [1.807, 2.05) is 45.0 Å². The van der Waals surface area contributed by atoms with Gasteiger partial charge in [-0.1, -0.05) is 26.0 Å². The molecule has 0 radical (unpaired) electrons. The van der Waals surface area contributed by atoms with E-state index in [9.17, 15) is 9.00 Å². The molecule has 20 heavy (non-hydrogen) atoms. The van der Waals surface area contributed by atoms with Crippen LogP contribution in [-0.2, 0) is 10.8 Å². The highest BCUT2D eigenvalue weighted by molar-refractivity contribution is 7.85. The van der Waals surface area contributed by atoms with Crippen LogP contribution in [0.4, 0.5) is 10.5 Å². The molecule has 1 saturated heterocycles. The number of benzene rings is 1. The number of carbonyl (C=O) groups excluding carboxylic acids is 1. The van der Waals surface area contributed by atoms with Gasteiger partial charge in [-0.2, -0.15) is 0 Å². The van der Waals surface area contributed by atoms with E-state index in [4.69, 9.17) is 0 Å². The Labute approximate surface area is 124 Å². The molecule has 1 aromatic carbocycles. The number of nitrogens with zero attached hydrogens (tertiary/aromatic N) is 2. The molecule has 0 atom stereocenters. The van der Waals surface area contributed by atoms with Crippen LogP contribution in [0.1, 0.15) is 19.4 Å². The lowest BCUT2D eigenvalue weighted by Crippen LogP contribution is -2.47. The van der Waals surface area contributed by atoms with Gasteiger partial charge in [0.05, 0.1) is 0 Å². The first-order valence-electron chi connectivity index (χ1n) is 7.02. The van der Waals surface area contributed by atoms with Crippen molar-refractivity contribution in [3.8, 4) is 0 Å². The maximum absolute atomic E-state index is 12.3. The second-order valence-corrected chi connectivity index (χ2v) is 6.21. The van der Waals surface area contributed by atoms with Gasteiger partial charge in [0.2, 0.25) is 0 Å². The van der Waals surface area contributed by atoms with E-state index in [-0.39, 0.29) is 6.03 Å². The molecule has 1 aromatic rings. The van der Waals surface area contributed by atoms with Crippen LogP contribution in [0.2, 0.25) is 0 Å². The predicted molar refractivity (Wildman–Crippen MR) is 85.8 cm³/mol. The number of hydrogen-bond acceptors (Lipinski definition) is 2. The minimum absolute atomic E-state index is 0.0164. The fourth-order valence-electron chi connectivity index (χ4n) is 1.99. The molecule has 2 rings (SSSR count). The van der Waals surface area contributed by atoms with E-state index in [1.54, 1.807) is 16.8 Å². The van der Waals surface area contributed by atoms with Gasteiger partial charge in [0.1, 0.15) is 0 Å². The number of carbonyl (C=O) groups is 1. The summed E-state index contributed by atoms with van der Waals surface area (Å²) in [6, 6.07) is 7.84. The Morgan fingerprint density at radius 2 is 1.85 bits per heavy atom. The molecule has 0 N–H and O–H groups in total. The third-order valence-electron chi connectivity index (χ3n) is 3.12. The monoisotopic (exact) mass is 296 g/mol. The minimum atomic E-state index is -0.751. The largest absolute Gasteiger partial charge is 0.324 e. The van der Waals surface area contributed by atoms with E-state index in [0.717, 1.165) is 11.3 Å². The number of hydrogen-bond donors (Lipinski definition) is 0. The van der Waals surface area contributed by atoms with Gasteiger partial charge in [-0.15, -0.1) is 0 Å². The van der Waals surface area contributed by atoms with Crippen molar-refractivity contribution in [3.05, 3.63) is 29.8 Å². The number of aryl methyl sites for hydroxylation is 1. The van der Waals surface area contributed by atoms with Crippen LogP contribution in [0.3, 0.4) is 0 Å². The van der Waals surface area contributed by atoms with E-state index in [0.29, 0.717) is 24.6 Å². The van der Waals surface area contributed by atoms with Gasteiger partial charge in [-0.25, -0.2) is 4.79 Å². The third kappa shape index (κ3) is 4.34. The molecule has 0 bridgehead atoms. The van der Waals surface area contributed by atoms with Crippen molar-refractivity contribution in [1.82, 2.24) is 4.90 Å². The predicted octanol–water partition coefficient (Wildman–Crippen LogP) is 2.64. The molecule has 1 aliphatic rings. The molecule has 0 unspecified atom stereocenters. The zero-order valence-corrected chi connectivity index (χ0v) is 13.6. The SMILES string of the molecule is CC.Cc1cccc(N(C)C(=O)N2CCS(=O)CC2)c1. The third-order valence-corrected chi connectivity index (χ3v) is 4.40. The first kappa shape index (κ1) is 16.7. The lowest BCUT2D eigenvalue weighted by atomic mass is 10.2. The molecular weight excluding hydrogens is 272 g/mol. The number of urea groups is 1. The maximum atomic E-state index is 12.3. The highest BCUT2D eigenvalue weighted by Crippen LogP contribution is 2.16. The second-order valence-electron chi connectivity index (χ2n) is 4.52. The summed E-state index contributed by atoms with van der Waals surface area (Å²) in [5.41, 5.74) is 2.03. The van der Waals surface area contributed by atoms with Crippen LogP contribution in [0, 0.1) is 6.92 Å². The standard InChI is InChI=1S/C13H18N2O2S.C2H6/c1-11-4-3-5-12(10-11)14(2)13(16)15-6-8-18(17)9-7-15;1-2/h3-5,10H,6-9H2,1-2H3;1-2H3. The second kappa shape index (κ2) is 8.04. The summed E-state index contributed by atoms with van der Waals surface area (Å²) in [5.74, 6) is 1.18. The molecule has 0 saturated carbocycles. The van der Waals surface area contributed by atoms with Gasteiger partial charge in [-0.05, 0) is 24.6 Å². The smallest absolute Gasteiger partial charge is 0.323 e. The van der Waals surface area contributed by atoms with Crippen molar-refractivity contribution in [2.24, 2.45) is 0 Å². The average Bonchev–Trinajstić information content (AvgIpc) is 2.48. The van der Waals surface area contributed by atoms with Gasteiger partial charge < -0.3 is 4.90 Å². The Kier molecular flexibility index (Phi) is 6.71. The van der Waals surface area contributed by atoms with E-state index in [1.165, 1.54) is 0 Å². The van der Waals surface area contributed by atoms with Crippen LogP contribution in [-0.4, -0.2) is 46.8 Å². The van der Waals surface area contributed by atoms with Crippen molar-refractivity contribution < 1.29 is 9.00 Å². The van der Waals surface area contributed by atoms with E-state index in [2.05, 4.69) is 0 Å². The topological polar surface area (TPSA) is 40.6 Å². The van der Waals surface area contributed by atoms with Crippen molar-refractivity contribution >= 4 is 22.5 Å². The number of amides is 2. The fourth-order valence-corrected chi connectivity index (χ4v) is 3.04. The van der Waals surface area contributed by atoms with Gasteiger partial charge in [0.25, 0.3) is 0 Å². The molecule has 0 aliphatic carbocycles. The summed E-state index contributed by atoms with van der Waals surface area (Å²) in [7, 11) is 1.03. The zero-order chi connectivity index (χ0) is 15.1. The van der Waals surface area contributed by atoms with Crippen LogP contribution < -0.4 is 4.90 Å². The first-order chi connectivity index (χ1) is 9.58. The zero-order valence-electron chi connectivity index (χ0n) is 12.8. The summed E-state index contributed by atoms with van der Waals surface area (Å²) in [6.45, 7) is 7.18. The summed E-state index contributed by atoms with van der Waals surface area (Å²) in [5, 5.41) is 0. The molecular formula is C15H24N2O2S. The van der Waals surface area contributed by atoms with E-state index >= 15 is 0 Å². The minimum Gasteiger partial charge on any atom is -0.323 e. The highest BCUT2D eigenvalue weighted by atomic mass is 32.2. The number of rotatable bonds is 1. The quantitative estimate of drug-likeness (QED) is 0.799. The Morgan fingerprint density at radius 3 is 2.40 bits per heavy atom.